The SMILES string of the molecule is Cc1ccc(N=C2S/C(=C\c3ccc(OCCN(C)c4ccccn4)cc3)C(=O)N2c2cccc(C)c2)cc1. The molecule has 1 aliphatic heterocycles. The first-order valence-electron chi connectivity index (χ1n) is 12.8. The molecule has 1 aromatic heterocycles. The molecular weight excluding hydrogens is 504 g/mol. The second-order valence-corrected chi connectivity index (χ2v) is 10.4. The van der Waals surface area contributed by atoms with E-state index < -0.39 is 0 Å². The van der Waals surface area contributed by atoms with Crippen molar-refractivity contribution in [3.63, 3.8) is 0 Å². The maximum absolute atomic E-state index is 13.6. The summed E-state index contributed by atoms with van der Waals surface area (Å²) >= 11 is 1.39. The molecule has 0 unspecified atom stereocenters. The van der Waals surface area contributed by atoms with E-state index in [1.807, 2.05) is 118 Å². The van der Waals surface area contributed by atoms with Crippen LogP contribution in [-0.4, -0.2) is 36.3 Å². The Bertz CT molecular complexity index is 1500. The molecule has 0 aliphatic carbocycles. The fraction of sp³-hybridized carbons (Fsp3) is 0.156. The van der Waals surface area contributed by atoms with Crippen LogP contribution in [0.1, 0.15) is 16.7 Å². The third-order valence-corrected chi connectivity index (χ3v) is 7.21. The van der Waals surface area contributed by atoms with Gasteiger partial charge in [0, 0.05) is 13.2 Å². The molecule has 0 saturated carbocycles. The summed E-state index contributed by atoms with van der Waals surface area (Å²) in [5.74, 6) is 1.60. The van der Waals surface area contributed by atoms with Gasteiger partial charge in [-0.25, -0.2) is 9.98 Å². The van der Waals surface area contributed by atoms with Crippen molar-refractivity contribution in [1.82, 2.24) is 4.98 Å². The Morgan fingerprint density at radius 1 is 0.949 bits per heavy atom. The maximum Gasteiger partial charge on any atom is 0.271 e. The van der Waals surface area contributed by atoms with Crippen molar-refractivity contribution in [2.75, 3.05) is 30.0 Å². The second kappa shape index (κ2) is 12.0. The number of benzene rings is 3. The van der Waals surface area contributed by atoms with Crippen LogP contribution in [0, 0.1) is 13.8 Å². The molecule has 1 aliphatic rings. The highest BCUT2D eigenvalue weighted by atomic mass is 32.2. The van der Waals surface area contributed by atoms with Gasteiger partial charge < -0.3 is 9.64 Å². The Morgan fingerprint density at radius 3 is 2.46 bits per heavy atom. The van der Waals surface area contributed by atoms with E-state index in [4.69, 9.17) is 9.73 Å². The minimum atomic E-state index is -0.0886. The number of thioether (sulfide) groups is 1. The Morgan fingerprint density at radius 2 is 1.74 bits per heavy atom. The molecule has 3 aromatic carbocycles. The summed E-state index contributed by atoms with van der Waals surface area (Å²) in [6, 6.07) is 29.5. The van der Waals surface area contributed by atoms with Crippen molar-refractivity contribution in [3.8, 4) is 5.75 Å². The third kappa shape index (κ3) is 6.56. The molecule has 4 aromatic rings. The first-order valence-corrected chi connectivity index (χ1v) is 13.6. The summed E-state index contributed by atoms with van der Waals surface area (Å²) in [4.78, 5) is 27.1. The van der Waals surface area contributed by atoms with Crippen LogP contribution in [0.4, 0.5) is 17.2 Å². The van der Waals surface area contributed by atoms with Crippen LogP contribution in [0.25, 0.3) is 6.08 Å². The Labute approximate surface area is 233 Å². The first-order chi connectivity index (χ1) is 19.0. The van der Waals surface area contributed by atoms with Gasteiger partial charge in [-0.15, -0.1) is 0 Å². The number of likely N-dealkylation sites (N-methyl/N-ethyl adjacent to an activating group) is 1. The lowest BCUT2D eigenvalue weighted by Crippen LogP contribution is -2.28. The van der Waals surface area contributed by atoms with Gasteiger partial charge in [-0.1, -0.05) is 48.0 Å². The zero-order valence-corrected chi connectivity index (χ0v) is 23.1. The number of hydrogen-bond acceptors (Lipinski definition) is 6. The minimum Gasteiger partial charge on any atom is -0.492 e. The van der Waals surface area contributed by atoms with Crippen molar-refractivity contribution in [3.05, 3.63) is 119 Å². The van der Waals surface area contributed by atoms with E-state index in [0.717, 1.165) is 39.6 Å². The van der Waals surface area contributed by atoms with Crippen LogP contribution in [0.3, 0.4) is 0 Å². The summed E-state index contributed by atoms with van der Waals surface area (Å²) in [7, 11) is 1.99. The topological polar surface area (TPSA) is 58.0 Å². The van der Waals surface area contributed by atoms with Crippen LogP contribution in [-0.2, 0) is 4.79 Å². The number of hydrogen-bond donors (Lipinski definition) is 0. The van der Waals surface area contributed by atoms with Gasteiger partial charge >= 0.3 is 0 Å². The molecule has 2 heterocycles. The predicted molar refractivity (Wildman–Crippen MR) is 162 cm³/mol. The number of aromatic nitrogens is 1. The third-order valence-electron chi connectivity index (χ3n) is 6.24. The van der Waals surface area contributed by atoms with Crippen molar-refractivity contribution >= 4 is 46.1 Å². The van der Waals surface area contributed by atoms with Crippen LogP contribution in [0.15, 0.2) is 107 Å². The number of rotatable bonds is 8. The van der Waals surface area contributed by atoms with E-state index in [1.54, 1.807) is 11.1 Å². The van der Waals surface area contributed by atoms with Crippen LogP contribution >= 0.6 is 11.8 Å². The molecule has 5 rings (SSSR count). The highest BCUT2D eigenvalue weighted by molar-refractivity contribution is 8.19. The van der Waals surface area contributed by atoms with Gasteiger partial charge in [0.15, 0.2) is 5.17 Å². The monoisotopic (exact) mass is 534 g/mol. The molecule has 1 saturated heterocycles. The van der Waals surface area contributed by atoms with E-state index in [1.165, 1.54) is 11.8 Å². The smallest absolute Gasteiger partial charge is 0.271 e. The van der Waals surface area contributed by atoms with Gasteiger partial charge in [0.1, 0.15) is 18.2 Å². The quantitative estimate of drug-likeness (QED) is 0.227. The highest BCUT2D eigenvalue weighted by Crippen LogP contribution is 2.37. The van der Waals surface area contributed by atoms with Gasteiger partial charge in [0.2, 0.25) is 0 Å². The number of aliphatic imine (C=N–C) groups is 1. The molecular formula is C32H30N4O2S. The number of nitrogens with zero attached hydrogens (tertiary/aromatic N) is 4. The molecule has 0 atom stereocenters. The van der Waals surface area contributed by atoms with Crippen LogP contribution < -0.4 is 14.5 Å². The van der Waals surface area contributed by atoms with Gasteiger partial charge in [-0.05, 0) is 91.3 Å². The summed E-state index contributed by atoms with van der Waals surface area (Å²) in [6.45, 7) is 5.31. The molecule has 1 amide bonds. The van der Waals surface area contributed by atoms with Gasteiger partial charge in [0.25, 0.3) is 5.91 Å². The number of anilines is 2. The molecule has 39 heavy (non-hydrogen) atoms. The minimum absolute atomic E-state index is 0.0886. The molecule has 7 heteroatoms. The van der Waals surface area contributed by atoms with E-state index in [-0.39, 0.29) is 5.91 Å². The molecule has 1 fully saturated rings. The number of carbonyl (C=O) groups excluding carboxylic acids is 1. The number of amides is 1. The maximum atomic E-state index is 13.6. The van der Waals surface area contributed by atoms with Crippen molar-refractivity contribution in [1.29, 1.82) is 0 Å². The lowest BCUT2D eigenvalue weighted by molar-refractivity contribution is -0.113. The predicted octanol–water partition coefficient (Wildman–Crippen LogP) is 7.02. The van der Waals surface area contributed by atoms with Crippen molar-refractivity contribution < 1.29 is 9.53 Å². The van der Waals surface area contributed by atoms with E-state index >= 15 is 0 Å². The Kier molecular flexibility index (Phi) is 8.08. The molecule has 0 radical (unpaired) electrons. The zero-order valence-electron chi connectivity index (χ0n) is 22.2. The van der Waals surface area contributed by atoms with Gasteiger partial charge in [-0.2, -0.15) is 0 Å². The number of pyridine rings is 1. The summed E-state index contributed by atoms with van der Waals surface area (Å²) in [5.41, 5.74) is 4.79. The molecule has 6 nitrogen and oxygen atoms in total. The normalized spacial score (nSPS) is 15.3. The fourth-order valence-corrected chi connectivity index (χ4v) is 5.08. The molecule has 196 valence electrons. The lowest BCUT2D eigenvalue weighted by Gasteiger charge is -2.18. The zero-order chi connectivity index (χ0) is 27.2. The van der Waals surface area contributed by atoms with Gasteiger partial charge in [-0.3, -0.25) is 9.69 Å². The highest BCUT2D eigenvalue weighted by Gasteiger charge is 2.34. The molecule has 0 N–H and O–H groups in total. The number of ether oxygens (including phenoxy) is 1. The largest absolute Gasteiger partial charge is 0.492 e. The fourth-order valence-electron chi connectivity index (χ4n) is 4.08. The van der Waals surface area contributed by atoms with Crippen LogP contribution in [0.2, 0.25) is 0 Å². The summed E-state index contributed by atoms with van der Waals surface area (Å²) in [6.07, 6.45) is 3.69. The van der Waals surface area contributed by atoms with E-state index in [2.05, 4.69) is 9.88 Å². The number of aryl methyl sites for hydroxylation is 2. The summed E-state index contributed by atoms with van der Waals surface area (Å²) in [5, 5.41) is 0.637. The van der Waals surface area contributed by atoms with Crippen LogP contribution in [0.5, 0.6) is 5.75 Å². The molecule has 0 spiro atoms. The average molecular weight is 535 g/mol. The lowest BCUT2D eigenvalue weighted by atomic mass is 10.2. The summed E-state index contributed by atoms with van der Waals surface area (Å²) < 4.78 is 5.93. The standard InChI is InChI=1S/C32H30N4O2S/c1-23-10-14-26(15-11-23)34-32-36(27-8-6-7-24(2)21-27)31(37)29(39-32)22-25-12-16-28(17-13-25)38-20-19-35(3)30-9-4-5-18-33-30/h4-18,21-22H,19-20H2,1-3H3/b29-22-,34-32?. The Balaban J connectivity index is 1.31. The number of amidine groups is 1. The van der Waals surface area contributed by atoms with E-state index in [0.29, 0.717) is 23.2 Å². The van der Waals surface area contributed by atoms with Gasteiger partial charge in [0.05, 0.1) is 22.8 Å². The first kappa shape index (κ1) is 26.3. The second-order valence-electron chi connectivity index (χ2n) is 9.35. The molecule has 0 bridgehead atoms. The van der Waals surface area contributed by atoms with Crippen molar-refractivity contribution in [2.24, 2.45) is 4.99 Å². The van der Waals surface area contributed by atoms with Crippen molar-refractivity contribution in [2.45, 2.75) is 13.8 Å². The Hall–Kier alpha value is -4.36. The average Bonchev–Trinajstić information content (AvgIpc) is 3.25. The number of carbonyl (C=O) groups is 1. The van der Waals surface area contributed by atoms with E-state index in [9.17, 15) is 4.79 Å².